The number of benzene rings is 2. The van der Waals surface area contributed by atoms with Gasteiger partial charge in [0.25, 0.3) is 0 Å². The van der Waals surface area contributed by atoms with Gasteiger partial charge in [0.15, 0.2) is 24.2 Å². The van der Waals surface area contributed by atoms with Crippen LogP contribution in [-0.4, -0.2) is 91.4 Å². The smallest absolute Gasteiger partial charge is 0.407 e. The summed E-state index contributed by atoms with van der Waals surface area (Å²) in [5, 5.41) is 7.51. The lowest BCUT2D eigenvalue weighted by molar-refractivity contribution is -0.228. The van der Waals surface area contributed by atoms with Gasteiger partial charge in [-0.05, 0) is 29.2 Å². The summed E-state index contributed by atoms with van der Waals surface area (Å²) in [7, 11) is 0. The second kappa shape index (κ2) is 16.2. The highest BCUT2D eigenvalue weighted by Gasteiger charge is 2.51. The Kier molecular flexibility index (Phi) is 12.1. The van der Waals surface area contributed by atoms with E-state index in [1.165, 1.54) is 13.8 Å². The number of hydrogen-bond donors (Lipinski definition) is 3. The van der Waals surface area contributed by atoms with E-state index in [4.69, 9.17) is 23.7 Å². The maximum Gasteiger partial charge on any atom is 0.407 e. The number of fused-ring (bicyclic) bond motifs is 3. The molecule has 3 amide bonds. The zero-order valence-corrected chi connectivity index (χ0v) is 27.7. The lowest BCUT2D eigenvalue weighted by Crippen LogP contribution is -2.69. The number of nitrogens with one attached hydrogen (secondary N) is 3. The van der Waals surface area contributed by atoms with Gasteiger partial charge in [0.1, 0.15) is 25.4 Å². The van der Waals surface area contributed by atoms with Crippen molar-refractivity contribution in [3.8, 4) is 11.1 Å². The standard InChI is InChI=1S/C34H39N3O12/c1-17(38)27(36-34(44)46-15-26-24-12-8-6-10-22(24)23-11-7-9-13-25(23)26)14-29(43)37-33-30(35-18(2)39)32(48-21(5)42)31(47-20(4)41)28(49-33)16-45-19(3)40/h6-13,26-28,30-33H,14-16H2,1-5H3,(H,35,39)(H,36,44)(H,37,43)/t27-,28?,30?,31+,32+,33+/m0/s1. The van der Waals surface area contributed by atoms with Gasteiger partial charge >= 0.3 is 24.0 Å². The van der Waals surface area contributed by atoms with Crippen molar-refractivity contribution < 1.29 is 57.2 Å². The van der Waals surface area contributed by atoms with Gasteiger partial charge in [-0.3, -0.25) is 28.8 Å². The first kappa shape index (κ1) is 36.5. The second-order valence-corrected chi connectivity index (χ2v) is 11.7. The van der Waals surface area contributed by atoms with Gasteiger partial charge < -0.3 is 39.6 Å². The van der Waals surface area contributed by atoms with Crippen LogP contribution in [0.2, 0.25) is 0 Å². The third kappa shape index (κ3) is 9.41. The number of carbonyl (C=O) groups is 7. The lowest BCUT2D eigenvalue weighted by Gasteiger charge is -2.45. The molecule has 1 saturated heterocycles. The van der Waals surface area contributed by atoms with Gasteiger partial charge in [-0.25, -0.2) is 4.79 Å². The fraction of sp³-hybridized carbons (Fsp3) is 0.441. The van der Waals surface area contributed by atoms with Crippen molar-refractivity contribution in [2.24, 2.45) is 0 Å². The average molecular weight is 682 g/mol. The molecule has 0 aromatic heterocycles. The average Bonchev–Trinajstić information content (AvgIpc) is 3.34. The number of ketones is 1. The van der Waals surface area contributed by atoms with Crippen LogP contribution in [0.3, 0.4) is 0 Å². The fourth-order valence-electron chi connectivity index (χ4n) is 5.94. The number of hydrogen-bond acceptors (Lipinski definition) is 12. The second-order valence-electron chi connectivity index (χ2n) is 11.7. The first-order chi connectivity index (χ1) is 23.2. The molecule has 1 aliphatic heterocycles. The summed E-state index contributed by atoms with van der Waals surface area (Å²) in [4.78, 5) is 86.5. The number of rotatable bonds is 12. The van der Waals surface area contributed by atoms with Crippen LogP contribution in [0.25, 0.3) is 11.1 Å². The Morgan fingerprint density at radius 3 is 1.82 bits per heavy atom. The predicted octanol–water partition coefficient (Wildman–Crippen LogP) is 1.65. The summed E-state index contributed by atoms with van der Waals surface area (Å²) < 4.78 is 27.3. The number of esters is 3. The number of amides is 3. The molecule has 2 aromatic rings. The zero-order chi connectivity index (χ0) is 35.8. The van der Waals surface area contributed by atoms with E-state index in [9.17, 15) is 33.6 Å². The first-order valence-electron chi connectivity index (χ1n) is 15.6. The van der Waals surface area contributed by atoms with Gasteiger partial charge in [0.2, 0.25) is 11.8 Å². The van der Waals surface area contributed by atoms with Crippen LogP contribution in [0.4, 0.5) is 4.79 Å². The van der Waals surface area contributed by atoms with Crippen molar-refractivity contribution in [2.45, 2.75) is 83.6 Å². The number of ether oxygens (including phenoxy) is 5. The molecule has 2 aliphatic rings. The van der Waals surface area contributed by atoms with Crippen molar-refractivity contribution >= 4 is 41.6 Å². The van der Waals surface area contributed by atoms with E-state index in [0.29, 0.717) is 0 Å². The number of alkyl carbamates (subject to hydrolysis) is 1. The Bertz CT molecular complexity index is 1560. The lowest BCUT2D eigenvalue weighted by atomic mass is 9.94. The van der Waals surface area contributed by atoms with E-state index in [0.717, 1.165) is 43.0 Å². The van der Waals surface area contributed by atoms with Crippen molar-refractivity contribution in [3.63, 3.8) is 0 Å². The maximum absolute atomic E-state index is 13.3. The summed E-state index contributed by atoms with van der Waals surface area (Å²) in [5.41, 5.74) is 4.07. The largest absolute Gasteiger partial charge is 0.463 e. The van der Waals surface area contributed by atoms with Crippen molar-refractivity contribution in [3.05, 3.63) is 59.7 Å². The van der Waals surface area contributed by atoms with Crippen molar-refractivity contribution in [1.29, 1.82) is 0 Å². The molecule has 3 N–H and O–H groups in total. The molecule has 15 heteroatoms. The molecule has 6 atom stereocenters. The highest BCUT2D eigenvalue weighted by Crippen LogP contribution is 2.44. The monoisotopic (exact) mass is 681 g/mol. The van der Waals surface area contributed by atoms with Gasteiger partial charge in [0.05, 0.1) is 12.5 Å². The van der Waals surface area contributed by atoms with Gasteiger partial charge in [-0.1, -0.05) is 48.5 Å². The van der Waals surface area contributed by atoms with Crippen LogP contribution in [-0.2, 0) is 52.5 Å². The van der Waals surface area contributed by atoms with Crippen molar-refractivity contribution in [2.75, 3.05) is 13.2 Å². The van der Waals surface area contributed by atoms with Crippen LogP contribution in [0, 0.1) is 0 Å². The summed E-state index contributed by atoms with van der Waals surface area (Å²) in [6, 6.07) is 13.0. The van der Waals surface area contributed by atoms with E-state index in [1.807, 2.05) is 48.5 Å². The molecule has 2 unspecified atom stereocenters. The normalized spacial score (nSPS) is 21.5. The van der Waals surface area contributed by atoms with Crippen LogP contribution in [0.15, 0.2) is 48.5 Å². The Morgan fingerprint density at radius 2 is 1.29 bits per heavy atom. The molecular formula is C34H39N3O12. The zero-order valence-electron chi connectivity index (χ0n) is 27.7. The van der Waals surface area contributed by atoms with E-state index in [1.54, 1.807) is 0 Å². The predicted molar refractivity (Wildman–Crippen MR) is 169 cm³/mol. The summed E-state index contributed by atoms with van der Waals surface area (Å²) in [6.45, 7) is 5.19. The quantitative estimate of drug-likeness (QED) is 0.216. The summed E-state index contributed by atoms with van der Waals surface area (Å²) >= 11 is 0. The molecule has 4 rings (SSSR count). The minimum absolute atomic E-state index is 0.0181. The van der Waals surface area contributed by atoms with Crippen LogP contribution in [0.5, 0.6) is 0 Å². The molecule has 1 heterocycles. The topological polar surface area (TPSA) is 202 Å². The molecular weight excluding hydrogens is 642 g/mol. The Labute approximate surface area is 282 Å². The van der Waals surface area contributed by atoms with Crippen LogP contribution in [0.1, 0.15) is 58.1 Å². The third-order valence-electron chi connectivity index (χ3n) is 7.94. The SMILES string of the molecule is CC(=O)NC1[C@H](NC(=O)C[C@H](NC(=O)OCC2c3ccccc3-c3ccccc32)C(C)=O)OC(COC(C)=O)[C@@H](OC(C)=O)[C@@H]1OC(C)=O. The third-order valence-corrected chi connectivity index (χ3v) is 7.94. The molecule has 0 saturated carbocycles. The molecule has 0 spiro atoms. The molecule has 1 aliphatic carbocycles. The maximum atomic E-state index is 13.3. The first-order valence-corrected chi connectivity index (χ1v) is 15.6. The summed E-state index contributed by atoms with van der Waals surface area (Å²) in [5.74, 6) is -4.48. The van der Waals surface area contributed by atoms with Crippen LogP contribution < -0.4 is 16.0 Å². The van der Waals surface area contributed by atoms with Gasteiger partial charge in [0, 0.05) is 33.6 Å². The molecule has 0 bridgehead atoms. The Morgan fingerprint density at radius 1 is 0.714 bits per heavy atom. The van der Waals surface area contributed by atoms with E-state index >= 15 is 0 Å². The van der Waals surface area contributed by atoms with E-state index < -0.39 is 91.2 Å². The fourth-order valence-corrected chi connectivity index (χ4v) is 5.94. The molecule has 49 heavy (non-hydrogen) atoms. The molecule has 1 fully saturated rings. The highest BCUT2D eigenvalue weighted by atomic mass is 16.6. The van der Waals surface area contributed by atoms with Gasteiger partial charge in [-0.15, -0.1) is 0 Å². The molecule has 262 valence electrons. The number of carbonyl (C=O) groups excluding carboxylic acids is 7. The Hall–Kier alpha value is -5.31. The minimum atomic E-state index is -1.44. The number of Topliss-reactive ketones (excluding diaryl/α,β-unsaturated/α-hetero) is 1. The van der Waals surface area contributed by atoms with Gasteiger partial charge in [-0.2, -0.15) is 0 Å². The molecule has 15 nitrogen and oxygen atoms in total. The van der Waals surface area contributed by atoms with E-state index in [2.05, 4.69) is 16.0 Å². The minimum Gasteiger partial charge on any atom is -0.463 e. The van der Waals surface area contributed by atoms with E-state index in [-0.39, 0.29) is 12.5 Å². The molecule has 2 aromatic carbocycles. The highest BCUT2D eigenvalue weighted by molar-refractivity contribution is 5.91. The Balaban J connectivity index is 1.46. The van der Waals surface area contributed by atoms with Crippen LogP contribution >= 0.6 is 0 Å². The molecule has 0 radical (unpaired) electrons. The van der Waals surface area contributed by atoms with Crippen molar-refractivity contribution in [1.82, 2.24) is 16.0 Å². The summed E-state index contributed by atoms with van der Waals surface area (Å²) in [6.07, 6.45) is -6.92.